The van der Waals surface area contributed by atoms with E-state index in [1.54, 1.807) is 36.4 Å². The lowest BCUT2D eigenvalue weighted by atomic mass is 10.1. The molecule has 0 fully saturated rings. The third kappa shape index (κ3) is 3.71. The molecule has 8 heteroatoms. The molecule has 0 spiro atoms. The molecule has 0 saturated carbocycles. The summed E-state index contributed by atoms with van der Waals surface area (Å²) >= 11 is 0. The van der Waals surface area contributed by atoms with Crippen LogP contribution in [0.4, 0.5) is 4.39 Å². The molecule has 0 aliphatic carbocycles. The number of rotatable bonds is 6. The van der Waals surface area contributed by atoms with E-state index in [0.717, 1.165) is 10.9 Å². The number of carbonyl (C=O) groups excluding carboxylic acids is 1. The van der Waals surface area contributed by atoms with Gasteiger partial charge in [0, 0.05) is 29.5 Å². The fourth-order valence-corrected chi connectivity index (χ4v) is 2.71. The van der Waals surface area contributed by atoms with Crippen molar-refractivity contribution in [2.75, 3.05) is 7.11 Å². The van der Waals surface area contributed by atoms with Crippen LogP contribution in [0.3, 0.4) is 0 Å². The van der Waals surface area contributed by atoms with E-state index >= 15 is 0 Å². The molecule has 142 valence electrons. The highest BCUT2D eigenvalue weighted by molar-refractivity contribution is 5.92. The highest BCUT2D eigenvalue weighted by Gasteiger charge is 2.14. The van der Waals surface area contributed by atoms with Crippen LogP contribution < -0.4 is 9.47 Å². The number of benzene rings is 2. The fraction of sp³-hybridized carbons (Fsp3) is 0.150. The molecule has 4 aromatic rings. The number of hydrogen-bond donors (Lipinski definition) is 0. The minimum Gasteiger partial charge on any atom is -0.479 e. The van der Waals surface area contributed by atoms with E-state index < -0.39 is 5.97 Å². The minimum absolute atomic E-state index is 0.119. The topological polar surface area (TPSA) is 87.6 Å². The fourth-order valence-electron chi connectivity index (χ4n) is 2.71. The lowest BCUT2D eigenvalue weighted by Crippen LogP contribution is -2.08. The second-order valence-corrected chi connectivity index (χ2v) is 6.01. The third-order valence-corrected chi connectivity index (χ3v) is 4.11. The molecule has 2 aromatic carbocycles. The molecule has 0 atom stereocenters. The maximum Gasteiger partial charge on any atom is 0.311 e. The quantitative estimate of drug-likeness (QED) is 0.365. The van der Waals surface area contributed by atoms with Crippen LogP contribution in [-0.2, 0) is 11.2 Å². The van der Waals surface area contributed by atoms with Gasteiger partial charge in [0.15, 0.2) is 5.58 Å². The summed E-state index contributed by atoms with van der Waals surface area (Å²) in [4.78, 5) is 12.1. The van der Waals surface area contributed by atoms with Crippen molar-refractivity contribution in [1.82, 2.24) is 10.3 Å². The van der Waals surface area contributed by atoms with Gasteiger partial charge < -0.3 is 18.5 Å². The summed E-state index contributed by atoms with van der Waals surface area (Å²) in [7, 11) is 1.48. The number of hydrogen-bond acceptors (Lipinski definition) is 7. The summed E-state index contributed by atoms with van der Waals surface area (Å²) in [5.41, 5.74) is 1.78. The van der Waals surface area contributed by atoms with Gasteiger partial charge >= 0.3 is 5.97 Å². The number of ether oxygens (including phenoxy) is 2. The third-order valence-electron chi connectivity index (χ3n) is 4.11. The second kappa shape index (κ2) is 7.51. The Hall–Kier alpha value is -3.68. The van der Waals surface area contributed by atoms with Crippen LogP contribution >= 0.6 is 0 Å². The van der Waals surface area contributed by atoms with E-state index in [4.69, 9.17) is 18.5 Å². The van der Waals surface area contributed by atoms with Crippen molar-refractivity contribution < 1.29 is 27.7 Å². The van der Waals surface area contributed by atoms with Gasteiger partial charge in [0.2, 0.25) is 0 Å². The highest BCUT2D eigenvalue weighted by atomic mass is 19.1. The zero-order valence-electron chi connectivity index (χ0n) is 14.8. The van der Waals surface area contributed by atoms with Crippen LogP contribution in [0.1, 0.15) is 12.2 Å². The van der Waals surface area contributed by atoms with Crippen molar-refractivity contribution in [3.05, 3.63) is 60.1 Å². The predicted molar refractivity (Wildman–Crippen MR) is 96.4 cm³/mol. The SMILES string of the molecule is COc1cc(CCC(=O)Oc2ccc3c(-c4ccc(F)cc4)noc3c2)on1. The Morgan fingerprint density at radius 1 is 1.07 bits per heavy atom. The van der Waals surface area contributed by atoms with Crippen LogP contribution in [0, 0.1) is 5.82 Å². The molecule has 0 saturated heterocycles. The maximum atomic E-state index is 13.1. The molecule has 4 rings (SSSR count). The Balaban J connectivity index is 1.44. The zero-order valence-corrected chi connectivity index (χ0v) is 14.8. The average molecular weight is 382 g/mol. The molecule has 0 aliphatic heterocycles. The average Bonchev–Trinajstić information content (AvgIpc) is 3.33. The molecule has 0 bridgehead atoms. The van der Waals surface area contributed by atoms with Crippen LogP contribution in [-0.4, -0.2) is 23.4 Å². The largest absolute Gasteiger partial charge is 0.479 e. The molecule has 2 heterocycles. The molecule has 28 heavy (non-hydrogen) atoms. The van der Waals surface area contributed by atoms with E-state index in [9.17, 15) is 9.18 Å². The number of esters is 1. The molecule has 0 unspecified atom stereocenters. The van der Waals surface area contributed by atoms with Gasteiger partial charge in [-0.15, -0.1) is 0 Å². The number of methoxy groups -OCH3 is 1. The minimum atomic E-state index is -0.423. The number of aromatic nitrogens is 2. The molecule has 0 aliphatic rings. The van der Waals surface area contributed by atoms with Gasteiger partial charge in [0.25, 0.3) is 5.88 Å². The van der Waals surface area contributed by atoms with Gasteiger partial charge in [0.1, 0.15) is 23.0 Å². The molecule has 0 radical (unpaired) electrons. The Morgan fingerprint density at radius 2 is 1.89 bits per heavy atom. The summed E-state index contributed by atoms with van der Waals surface area (Å²) in [5.74, 6) is 0.483. The van der Waals surface area contributed by atoms with E-state index in [-0.39, 0.29) is 12.2 Å². The highest BCUT2D eigenvalue weighted by Crippen LogP contribution is 2.30. The van der Waals surface area contributed by atoms with E-state index in [2.05, 4.69) is 10.3 Å². The number of carbonyl (C=O) groups is 1. The lowest BCUT2D eigenvalue weighted by Gasteiger charge is -2.03. The van der Waals surface area contributed by atoms with Crippen molar-refractivity contribution in [3.8, 4) is 22.9 Å². The van der Waals surface area contributed by atoms with Gasteiger partial charge in [-0.25, -0.2) is 4.39 Å². The van der Waals surface area contributed by atoms with Crippen molar-refractivity contribution in [3.63, 3.8) is 0 Å². The van der Waals surface area contributed by atoms with E-state index in [0.29, 0.717) is 35.1 Å². The van der Waals surface area contributed by atoms with E-state index in [1.807, 2.05) is 0 Å². The predicted octanol–water partition coefficient (Wildman–Crippen LogP) is 4.17. The van der Waals surface area contributed by atoms with Crippen LogP contribution in [0.25, 0.3) is 22.2 Å². The Bertz CT molecular complexity index is 1120. The van der Waals surface area contributed by atoms with Gasteiger partial charge in [-0.3, -0.25) is 4.79 Å². The lowest BCUT2D eigenvalue weighted by molar-refractivity contribution is -0.134. The van der Waals surface area contributed by atoms with Gasteiger partial charge in [-0.2, -0.15) is 0 Å². The van der Waals surface area contributed by atoms with Crippen molar-refractivity contribution in [2.24, 2.45) is 0 Å². The summed E-state index contributed by atoms with van der Waals surface area (Å²) in [5, 5.41) is 8.44. The number of halogens is 1. The molecule has 0 amide bonds. The van der Waals surface area contributed by atoms with Crippen molar-refractivity contribution in [2.45, 2.75) is 12.8 Å². The van der Waals surface area contributed by atoms with Crippen molar-refractivity contribution >= 4 is 16.9 Å². The first-order valence-electron chi connectivity index (χ1n) is 8.48. The van der Waals surface area contributed by atoms with Gasteiger partial charge in [-0.05, 0) is 41.6 Å². The summed E-state index contributed by atoms with van der Waals surface area (Å²) in [6.45, 7) is 0. The second-order valence-electron chi connectivity index (χ2n) is 6.01. The smallest absolute Gasteiger partial charge is 0.311 e. The van der Waals surface area contributed by atoms with Crippen LogP contribution in [0.15, 0.2) is 57.6 Å². The van der Waals surface area contributed by atoms with Crippen LogP contribution in [0.5, 0.6) is 11.6 Å². The first-order valence-corrected chi connectivity index (χ1v) is 8.48. The molecular weight excluding hydrogens is 367 g/mol. The van der Waals surface area contributed by atoms with E-state index in [1.165, 1.54) is 19.2 Å². The summed E-state index contributed by atoms with van der Waals surface area (Å²) < 4.78 is 33.7. The monoisotopic (exact) mass is 382 g/mol. The standard InChI is InChI=1S/C20H15FN2O5/c1-25-18-11-15(27-22-18)7-9-19(24)26-14-6-8-16-17(10-14)28-23-20(16)12-2-4-13(21)5-3-12/h2-6,8,10-11H,7,9H2,1H3. The number of fused-ring (bicyclic) bond motifs is 1. The molecular formula is C20H15FN2O5. The molecule has 2 aromatic heterocycles. The first-order chi connectivity index (χ1) is 13.6. The Labute approximate surface area is 158 Å². The first kappa shape index (κ1) is 17.7. The Morgan fingerprint density at radius 3 is 2.64 bits per heavy atom. The number of nitrogens with zero attached hydrogens (tertiary/aromatic N) is 2. The Kier molecular flexibility index (Phi) is 4.76. The maximum absolute atomic E-state index is 13.1. The molecule has 0 N–H and O–H groups in total. The summed E-state index contributed by atoms with van der Waals surface area (Å²) in [6.07, 6.45) is 0.460. The van der Waals surface area contributed by atoms with Gasteiger partial charge in [0.05, 0.1) is 13.5 Å². The summed E-state index contributed by atoms with van der Waals surface area (Å²) in [6, 6.07) is 12.6. The van der Waals surface area contributed by atoms with Crippen LogP contribution in [0.2, 0.25) is 0 Å². The normalized spacial score (nSPS) is 10.9. The zero-order chi connectivity index (χ0) is 19.5. The number of aryl methyl sites for hydroxylation is 1. The van der Waals surface area contributed by atoms with Crippen molar-refractivity contribution in [1.29, 1.82) is 0 Å². The van der Waals surface area contributed by atoms with Gasteiger partial charge in [-0.1, -0.05) is 5.16 Å². The molecule has 7 nitrogen and oxygen atoms in total.